The lowest BCUT2D eigenvalue weighted by Gasteiger charge is -2.50. The number of carbonyl (C=O) groups is 2. The average molecular weight is 871 g/mol. The minimum atomic E-state index is -5.46. The summed E-state index contributed by atoms with van der Waals surface area (Å²) in [5, 5.41) is 121. The second-order valence-electron chi connectivity index (χ2n) is 13.2. The van der Waals surface area contributed by atoms with Gasteiger partial charge in [-0.2, -0.15) is 8.42 Å². The summed E-state index contributed by atoms with van der Waals surface area (Å²) in [6, 6.07) is -1.70. The van der Waals surface area contributed by atoms with Gasteiger partial charge in [-0.15, -0.1) is 0 Å². The second kappa shape index (κ2) is 20.8. The molecule has 0 aliphatic carbocycles. The third kappa shape index (κ3) is 11.2. The van der Waals surface area contributed by atoms with E-state index in [1.165, 1.54) is 0 Å². The molecule has 4 aliphatic heterocycles. The Labute approximate surface area is 326 Å². The molecule has 4 saturated heterocycles. The Morgan fingerprint density at radius 2 is 1.22 bits per heavy atom. The maximum Gasteiger partial charge on any atom is 0.397 e. The van der Waals surface area contributed by atoms with Crippen LogP contribution >= 0.6 is 0 Å². The average Bonchev–Trinajstić information content (AvgIpc) is 3.16. The van der Waals surface area contributed by atoms with Crippen molar-refractivity contribution in [2.24, 2.45) is 5.11 Å². The van der Waals surface area contributed by atoms with Crippen LogP contribution in [0.2, 0.25) is 0 Å². The van der Waals surface area contributed by atoms with Gasteiger partial charge in [0.2, 0.25) is 5.91 Å². The molecule has 4 rings (SSSR count). The van der Waals surface area contributed by atoms with E-state index in [1.807, 2.05) is 0 Å². The van der Waals surface area contributed by atoms with E-state index in [2.05, 4.69) is 19.5 Å². The molecule has 4 heterocycles. The number of carboxylic acids is 1. The minimum absolute atomic E-state index is 0.233. The van der Waals surface area contributed by atoms with E-state index in [1.54, 1.807) is 0 Å². The standard InChI is InChI=1S/C28H46N4O25S/c1-7(36)31-11-14(39)19(10(6-35)52-25(11)56-23-15(40)12(37)8(4-33)51-28(23)49-3-2-30-32-29)53-26-17(42)20(13(38)9(5-34)50-26)54-27-18(43)21(57-58(46,47)48)16(41)22(55-27)24(44)45/h8-23,25-28,33-35,37-43H,2-6H2,1H3,(H,31,36)(H,44,45)(H,46,47,48)/t8?,9?,10?,11-,12+,13-,14?,15-,16-,17-,18-,19+,20?,21?,22?,23?,25-,26-,27+,28-/m0/s1. The first-order valence-corrected chi connectivity index (χ1v) is 18.6. The first kappa shape index (κ1) is 48.1. The van der Waals surface area contributed by atoms with Gasteiger partial charge in [-0.05, 0) is 5.53 Å². The molecule has 0 spiro atoms. The summed E-state index contributed by atoms with van der Waals surface area (Å²) >= 11 is 0. The van der Waals surface area contributed by atoms with Crippen molar-refractivity contribution in [1.29, 1.82) is 0 Å². The lowest BCUT2D eigenvalue weighted by molar-refractivity contribution is -0.382. The van der Waals surface area contributed by atoms with Gasteiger partial charge in [-0.1, -0.05) is 5.11 Å². The van der Waals surface area contributed by atoms with Crippen LogP contribution in [0.3, 0.4) is 0 Å². The summed E-state index contributed by atoms with van der Waals surface area (Å²) in [6.07, 6.45) is -38.3. The molecule has 0 saturated carbocycles. The topological polar surface area (TPSA) is 455 Å². The molecule has 29 nitrogen and oxygen atoms in total. The summed E-state index contributed by atoms with van der Waals surface area (Å²) < 4.78 is 80.5. The Hall–Kier alpha value is -2.60. The Morgan fingerprint density at radius 3 is 1.79 bits per heavy atom. The Balaban J connectivity index is 1.59. The first-order valence-electron chi connectivity index (χ1n) is 17.2. The van der Waals surface area contributed by atoms with Crippen molar-refractivity contribution in [2.75, 3.05) is 33.0 Å². The van der Waals surface area contributed by atoms with Crippen LogP contribution in [0.5, 0.6) is 0 Å². The molecule has 0 radical (unpaired) electrons. The van der Waals surface area contributed by atoms with Crippen molar-refractivity contribution in [2.45, 2.75) is 130 Å². The molecule has 0 aromatic heterocycles. The molecule has 4 aliphatic rings. The molecule has 58 heavy (non-hydrogen) atoms. The monoisotopic (exact) mass is 870 g/mol. The van der Waals surface area contributed by atoms with E-state index in [9.17, 15) is 74.2 Å². The van der Waals surface area contributed by atoms with Crippen molar-refractivity contribution >= 4 is 22.3 Å². The van der Waals surface area contributed by atoms with E-state index in [0.29, 0.717) is 0 Å². The maximum atomic E-state index is 12.3. The maximum absolute atomic E-state index is 12.3. The van der Waals surface area contributed by atoms with Gasteiger partial charge in [0.25, 0.3) is 0 Å². The number of amides is 1. The number of rotatable bonds is 17. The van der Waals surface area contributed by atoms with Crippen LogP contribution in [0, 0.1) is 0 Å². The van der Waals surface area contributed by atoms with Crippen molar-refractivity contribution in [3.8, 4) is 0 Å². The molecular weight excluding hydrogens is 824 g/mol. The van der Waals surface area contributed by atoms with Gasteiger partial charge in [-0.3, -0.25) is 9.35 Å². The molecule has 1 amide bonds. The second-order valence-corrected chi connectivity index (χ2v) is 14.3. The van der Waals surface area contributed by atoms with Crippen LogP contribution in [0.15, 0.2) is 5.11 Å². The van der Waals surface area contributed by atoms with E-state index >= 15 is 0 Å². The number of nitrogens with zero attached hydrogens (tertiary/aromatic N) is 3. The summed E-state index contributed by atoms with van der Waals surface area (Å²) in [7, 11) is -5.46. The minimum Gasteiger partial charge on any atom is -0.479 e. The number of ether oxygens (including phenoxy) is 8. The van der Waals surface area contributed by atoms with Gasteiger partial charge in [0.1, 0.15) is 91.5 Å². The number of nitrogens with one attached hydrogen (secondary N) is 1. The van der Waals surface area contributed by atoms with Crippen LogP contribution in [-0.2, 0) is 62.1 Å². The fraction of sp³-hybridized carbons (Fsp3) is 0.929. The lowest BCUT2D eigenvalue weighted by Crippen LogP contribution is -2.69. The van der Waals surface area contributed by atoms with E-state index < -0.39 is 165 Å². The van der Waals surface area contributed by atoms with Gasteiger partial charge < -0.3 is 99.4 Å². The number of azide groups is 1. The number of hydrogen-bond donors (Lipinski definition) is 13. The fourth-order valence-corrected chi connectivity index (χ4v) is 7.03. The molecular formula is C28H46N4O25S. The van der Waals surface area contributed by atoms with Crippen LogP contribution in [0.4, 0.5) is 0 Å². The van der Waals surface area contributed by atoms with Gasteiger partial charge >= 0.3 is 16.4 Å². The van der Waals surface area contributed by atoms with Crippen molar-refractivity contribution < 1.29 is 121 Å². The van der Waals surface area contributed by atoms with E-state index in [0.717, 1.165) is 6.92 Å². The number of aliphatic hydroxyl groups excluding tert-OH is 10. The lowest BCUT2D eigenvalue weighted by atomic mass is 9.94. The first-order chi connectivity index (χ1) is 27.3. The van der Waals surface area contributed by atoms with E-state index in [-0.39, 0.29) is 13.2 Å². The number of carbonyl (C=O) groups excluding carboxylic acids is 1. The fourth-order valence-electron chi connectivity index (χ4n) is 6.53. The van der Waals surface area contributed by atoms with Crippen molar-refractivity contribution in [3.63, 3.8) is 0 Å². The predicted molar refractivity (Wildman–Crippen MR) is 174 cm³/mol. The van der Waals surface area contributed by atoms with Crippen molar-refractivity contribution in [3.05, 3.63) is 10.4 Å². The van der Waals surface area contributed by atoms with Gasteiger partial charge in [0.15, 0.2) is 31.3 Å². The summed E-state index contributed by atoms with van der Waals surface area (Å²) in [5.74, 6) is -2.76. The van der Waals surface area contributed by atoms with Crippen LogP contribution in [-0.4, -0.2) is 237 Å². The summed E-state index contributed by atoms with van der Waals surface area (Å²) in [5.41, 5.74) is 8.56. The Morgan fingerprint density at radius 1 is 0.690 bits per heavy atom. The highest BCUT2D eigenvalue weighted by atomic mass is 32.3. The third-order valence-electron chi connectivity index (χ3n) is 9.30. The molecule has 0 bridgehead atoms. The Bertz CT molecular complexity index is 1530. The molecule has 8 unspecified atom stereocenters. The molecule has 4 fully saturated rings. The largest absolute Gasteiger partial charge is 0.479 e. The molecule has 13 N–H and O–H groups in total. The number of carboxylic acid groups (broad SMARTS) is 1. The summed E-state index contributed by atoms with van der Waals surface area (Å²) in [6.45, 7) is -2.41. The highest BCUT2D eigenvalue weighted by Crippen LogP contribution is 2.35. The molecule has 334 valence electrons. The third-order valence-corrected chi connectivity index (χ3v) is 9.76. The zero-order valence-corrected chi connectivity index (χ0v) is 30.8. The van der Waals surface area contributed by atoms with Gasteiger partial charge in [-0.25, -0.2) is 8.98 Å². The number of aliphatic carboxylic acids is 1. The molecule has 30 heteroatoms. The zero-order valence-electron chi connectivity index (χ0n) is 30.0. The van der Waals surface area contributed by atoms with Gasteiger partial charge in [0.05, 0.1) is 26.4 Å². The number of hydrogen-bond acceptors (Lipinski definition) is 24. The smallest absolute Gasteiger partial charge is 0.397 e. The zero-order chi connectivity index (χ0) is 43.2. The predicted octanol–water partition coefficient (Wildman–Crippen LogP) is -8.35. The Kier molecular flexibility index (Phi) is 17.2. The molecule has 20 atom stereocenters. The van der Waals surface area contributed by atoms with E-state index in [4.69, 9.17) is 48.0 Å². The highest BCUT2D eigenvalue weighted by Gasteiger charge is 2.57. The molecule has 0 aromatic rings. The number of aliphatic hydroxyl groups is 10. The van der Waals surface area contributed by atoms with Crippen LogP contribution in [0.25, 0.3) is 10.4 Å². The van der Waals surface area contributed by atoms with Crippen molar-refractivity contribution in [1.82, 2.24) is 5.32 Å². The summed E-state index contributed by atoms with van der Waals surface area (Å²) in [4.78, 5) is 26.6. The van der Waals surface area contributed by atoms with Crippen LogP contribution < -0.4 is 5.32 Å². The quantitative estimate of drug-likeness (QED) is 0.0212. The molecule has 0 aromatic carbocycles. The normalized spacial score (nSPS) is 43.6. The highest BCUT2D eigenvalue weighted by molar-refractivity contribution is 7.80. The van der Waals surface area contributed by atoms with Gasteiger partial charge in [0, 0.05) is 18.4 Å². The van der Waals surface area contributed by atoms with Crippen LogP contribution in [0.1, 0.15) is 6.92 Å². The SMILES string of the molecule is CC(=O)N[C@H]1C(O)[C@H](O[C@@H]2OC(CO)[C@H](O)C(O[C@@H]3OC(C(=O)O)[C@@H](O)C(OS(=O)(=O)O)[C@@H]3O)[C@@H]2O)C(CO)O[C@H]1OC1[C@@H](OCCN=[N+]=[N-])OC(CO)[C@@H](O)[C@@H]1O.